The van der Waals surface area contributed by atoms with Crippen molar-refractivity contribution < 1.29 is 0 Å². The maximum atomic E-state index is 5.62. The number of nitrogens with two attached hydrogens (primary N) is 1. The van der Waals surface area contributed by atoms with Gasteiger partial charge in [-0.25, -0.2) is 4.68 Å². The SMILES string of the molecule is CNc1cc(N)nn1-c1ccccc1. The van der Waals surface area contributed by atoms with Gasteiger partial charge in [0.05, 0.1) is 5.69 Å². The quantitative estimate of drug-likeness (QED) is 0.750. The molecule has 0 unspecified atom stereocenters. The Morgan fingerprint density at radius 1 is 1.29 bits per heavy atom. The molecule has 1 aromatic carbocycles. The van der Waals surface area contributed by atoms with Crippen molar-refractivity contribution in [1.82, 2.24) is 9.78 Å². The highest BCUT2D eigenvalue weighted by Gasteiger charge is 2.04. The molecule has 4 nitrogen and oxygen atoms in total. The number of hydrogen-bond donors (Lipinski definition) is 2. The van der Waals surface area contributed by atoms with Crippen LogP contribution in [0.3, 0.4) is 0 Å². The second-order valence-corrected chi connectivity index (χ2v) is 2.95. The van der Waals surface area contributed by atoms with Crippen LogP contribution in [0, 0.1) is 0 Å². The molecule has 0 radical (unpaired) electrons. The van der Waals surface area contributed by atoms with Gasteiger partial charge in [-0.05, 0) is 12.1 Å². The molecular formula is C10H12N4. The molecule has 0 spiro atoms. The molecule has 0 atom stereocenters. The molecule has 1 heterocycles. The van der Waals surface area contributed by atoms with Crippen LogP contribution in [-0.2, 0) is 0 Å². The van der Waals surface area contributed by atoms with E-state index in [1.54, 1.807) is 10.7 Å². The average Bonchev–Trinajstić information content (AvgIpc) is 2.61. The van der Waals surface area contributed by atoms with E-state index in [-0.39, 0.29) is 0 Å². The van der Waals surface area contributed by atoms with Crippen molar-refractivity contribution in [2.45, 2.75) is 0 Å². The third-order valence-corrected chi connectivity index (χ3v) is 1.99. The van der Waals surface area contributed by atoms with Gasteiger partial charge in [-0.3, -0.25) is 0 Å². The number of benzene rings is 1. The molecule has 0 aliphatic carbocycles. The summed E-state index contributed by atoms with van der Waals surface area (Å²) in [4.78, 5) is 0. The van der Waals surface area contributed by atoms with E-state index < -0.39 is 0 Å². The van der Waals surface area contributed by atoms with E-state index >= 15 is 0 Å². The van der Waals surface area contributed by atoms with Crippen LogP contribution in [0.1, 0.15) is 0 Å². The lowest BCUT2D eigenvalue weighted by Crippen LogP contribution is -2.01. The summed E-state index contributed by atoms with van der Waals surface area (Å²) in [6, 6.07) is 11.7. The van der Waals surface area contributed by atoms with Gasteiger partial charge in [-0.1, -0.05) is 18.2 Å². The predicted molar refractivity (Wildman–Crippen MR) is 57.5 cm³/mol. The maximum Gasteiger partial charge on any atom is 0.148 e. The Hall–Kier alpha value is -1.97. The molecule has 14 heavy (non-hydrogen) atoms. The third kappa shape index (κ3) is 1.42. The zero-order valence-electron chi connectivity index (χ0n) is 7.94. The van der Waals surface area contributed by atoms with Crippen molar-refractivity contribution in [3.63, 3.8) is 0 Å². The topological polar surface area (TPSA) is 55.9 Å². The van der Waals surface area contributed by atoms with Gasteiger partial charge in [0.1, 0.15) is 11.6 Å². The highest BCUT2D eigenvalue weighted by Crippen LogP contribution is 2.17. The zero-order valence-corrected chi connectivity index (χ0v) is 7.94. The van der Waals surface area contributed by atoms with Gasteiger partial charge in [0.15, 0.2) is 0 Å². The van der Waals surface area contributed by atoms with Crippen molar-refractivity contribution in [3.05, 3.63) is 36.4 Å². The Morgan fingerprint density at radius 2 is 2.00 bits per heavy atom. The van der Waals surface area contributed by atoms with Crippen LogP contribution >= 0.6 is 0 Å². The molecule has 3 N–H and O–H groups in total. The standard InChI is InChI=1S/C10H12N4/c1-12-10-7-9(11)13-14(10)8-5-3-2-4-6-8/h2-7,12H,1H3,(H2,11,13). The van der Waals surface area contributed by atoms with E-state index in [1.165, 1.54) is 0 Å². The molecule has 0 aliphatic heterocycles. The smallest absolute Gasteiger partial charge is 0.148 e. The van der Waals surface area contributed by atoms with Gasteiger partial charge in [-0.15, -0.1) is 5.10 Å². The Bertz CT molecular complexity index is 419. The third-order valence-electron chi connectivity index (χ3n) is 1.99. The second kappa shape index (κ2) is 3.41. The van der Waals surface area contributed by atoms with E-state index in [0.29, 0.717) is 5.82 Å². The molecule has 2 rings (SSSR count). The monoisotopic (exact) mass is 188 g/mol. The summed E-state index contributed by atoms with van der Waals surface area (Å²) >= 11 is 0. The Kier molecular flexibility index (Phi) is 2.10. The number of para-hydroxylation sites is 1. The van der Waals surface area contributed by atoms with Crippen LogP contribution in [-0.4, -0.2) is 16.8 Å². The van der Waals surface area contributed by atoms with Crippen LogP contribution in [0.2, 0.25) is 0 Å². The fraction of sp³-hybridized carbons (Fsp3) is 0.100. The van der Waals surface area contributed by atoms with E-state index in [4.69, 9.17) is 5.73 Å². The molecule has 0 fully saturated rings. The first kappa shape index (κ1) is 8.62. The lowest BCUT2D eigenvalue weighted by atomic mass is 10.3. The molecule has 0 aliphatic rings. The zero-order chi connectivity index (χ0) is 9.97. The molecule has 2 aromatic rings. The lowest BCUT2D eigenvalue weighted by molar-refractivity contribution is 0.891. The highest BCUT2D eigenvalue weighted by atomic mass is 15.3. The molecule has 72 valence electrons. The number of nitrogens with zero attached hydrogens (tertiary/aromatic N) is 2. The first-order valence-electron chi connectivity index (χ1n) is 4.40. The predicted octanol–water partition coefficient (Wildman–Crippen LogP) is 1.50. The number of anilines is 2. The normalized spacial score (nSPS) is 10.1. The van der Waals surface area contributed by atoms with Crippen LogP contribution in [0.5, 0.6) is 0 Å². The molecule has 0 saturated heterocycles. The first-order valence-corrected chi connectivity index (χ1v) is 4.40. The van der Waals surface area contributed by atoms with Crippen molar-refractivity contribution >= 4 is 11.6 Å². The molecule has 0 bridgehead atoms. The summed E-state index contributed by atoms with van der Waals surface area (Å²) < 4.78 is 1.77. The fourth-order valence-corrected chi connectivity index (χ4v) is 1.34. The van der Waals surface area contributed by atoms with Gasteiger partial charge < -0.3 is 11.1 Å². The highest BCUT2D eigenvalue weighted by molar-refractivity contribution is 5.51. The Labute approximate surface area is 82.4 Å². The van der Waals surface area contributed by atoms with Crippen LogP contribution in [0.4, 0.5) is 11.6 Å². The first-order chi connectivity index (χ1) is 6.81. The summed E-state index contributed by atoms with van der Waals surface area (Å²) in [7, 11) is 1.84. The van der Waals surface area contributed by atoms with Gasteiger partial charge in [0.25, 0.3) is 0 Å². The molecule has 0 saturated carbocycles. The largest absolute Gasteiger partial charge is 0.382 e. The van der Waals surface area contributed by atoms with Crippen molar-refractivity contribution in [2.24, 2.45) is 0 Å². The van der Waals surface area contributed by atoms with Crippen LogP contribution < -0.4 is 11.1 Å². The number of rotatable bonds is 2. The van der Waals surface area contributed by atoms with Gasteiger partial charge in [0.2, 0.25) is 0 Å². The Balaban J connectivity index is 2.51. The van der Waals surface area contributed by atoms with Crippen molar-refractivity contribution in [1.29, 1.82) is 0 Å². The number of nitrogens with one attached hydrogen (secondary N) is 1. The summed E-state index contributed by atoms with van der Waals surface area (Å²) in [5.41, 5.74) is 6.61. The van der Waals surface area contributed by atoms with E-state index in [9.17, 15) is 0 Å². The lowest BCUT2D eigenvalue weighted by Gasteiger charge is -2.05. The van der Waals surface area contributed by atoms with Crippen molar-refractivity contribution in [3.8, 4) is 5.69 Å². The van der Waals surface area contributed by atoms with Crippen LogP contribution in [0.25, 0.3) is 5.69 Å². The molecule has 1 aromatic heterocycles. The number of nitrogen functional groups attached to an aromatic ring is 1. The van der Waals surface area contributed by atoms with Crippen LogP contribution in [0.15, 0.2) is 36.4 Å². The van der Waals surface area contributed by atoms with Gasteiger partial charge >= 0.3 is 0 Å². The minimum Gasteiger partial charge on any atom is -0.382 e. The summed E-state index contributed by atoms with van der Waals surface area (Å²) in [6.07, 6.45) is 0. The van der Waals surface area contributed by atoms with E-state index in [0.717, 1.165) is 11.5 Å². The van der Waals surface area contributed by atoms with Gasteiger partial charge in [0, 0.05) is 13.1 Å². The van der Waals surface area contributed by atoms with E-state index in [1.807, 2.05) is 37.4 Å². The van der Waals surface area contributed by atoms with E-state index in [2.05, 4.69) is 10.4 Å². The summed E-state index contributed by atoms with van der Waals surface area (Å²) in [5, 5.41) is 7.22. The maximum absolute atomic E-state index is 5.62. The van der Waals surface area contributed by atoms with Gasteiger partial charge in [-0.2, -0.15) is 0 Å². The summed E-state index contributed by atoms with van der Waals surface area (Å²) in [5.74, 6) is 1.40. The average molecular weight is 188 g/mol. The minimum absolute atomic E-state index is 0.512. The molecule has 0 amide bonds. The summed E-state index contributed by atoms with van der Waals surface area (Å²) in [6.45, 7) is 0. The Morgan fingerprint density at radius 3 is 2.64 bits per heavy atom. The number of aromatic nitrogens is 2. The second-order valence-electron chi connectivity index (χ2n) is 2.95. The fourth-order valence-electron chi connectivity index (χ4n) is 1.34. The molecule has 4 heteroatoms. The number of hydrogen-bond acceptors (Lipinski definition) is 3. The van der Waals surface area contributed by atoms with Crippen molar-refractivity contribution in [2.75, 3.05) is 18.1 Å². The molecular weight excluding hydrogens is 176 g/mol. The minimum atomic E-state index is 0.512.